The van der Waals surface area contributed by atoms with Crippen molar-refractivity contribution in [3.05, 3.63) is 24.3 Å². The number of thioether (sulfide) groups is 1. The second-order valence-corrected chi connectivity index (χ2v) is 9.47. The van der Waals surface area contributed by atoms with Gasteiger partial charge in [0.15, 0.2) is 10.1 Å². The maximum absolute atomic E-state index is 12.9. The van der Waals surface area contributed by atoms with E-state index in [0.29, 0.717) is 11.7 Å². The minimum Gasteiger partial charge on any atom is -0.298 e. The number of aromatic nitrogens is 1. The molecule has 2 nitrogen and oxygen atoms in total. The van der Waals surface area contributed by atoms with Gasteiger partial charge in [-0.2, -0.15) is 0 Å². The number of nitrogens with zero attached hydrogens (tertiary/aromatic N) is 1. The van der Waals surface area contributed by atoms with Crippen LogP contribution in [-0.4, -0.2) is 16.0 Å². The van der Waals surface area contributed by atoms with Crippen molar-refractivity contribution in [1.29, 1.82) is 0 Å². The standard InChI is InChI=1S/C17H19NOS2/c1-16(2)10-8-9-17(16,3)14(19)13(10)21-15-18-11-6-4-5-7-12(11)20-15/h4-7,10,13H,8-9H2,1-3H3/t10-,13-,17+/m1/s1. The van der Waals surface area contributed by atoms with Crippen LogP contribution in [-0.2, 0) is 4.79 Å². The average Bonchev–Trinajstić information content (AvgIpc) is 2.99. The fourth-order valence-electron chi connectivity index (χ4n) is 4.15. The summed E-state index contributed by atoms with van der Waals surface area (Å²) in [5, 5.41) is 0.0966. The van der Waals surface area contributed by atoms with Crippen LogP contribution in [0.2, 0.25) is 0 Å². The predicted octanol–water partition coefficient (Wildman–Crippen LogP) is 4.78. The van der Waals surface area contributed by atoms with E-state index >= 15 is 0 Å². The third-order valence-electron chi connectivity index (χ3n) is 5.97. The van der Waals surface area contributed by atoms with E-state index < -0.39 is 0 Å². The van der Waals surface area contributed by atoms with Gasteiger partial charge in [0.2, 0.25) is 0 Å². The van der Waals surface area contributed by atoms with Crippen LogP contribution >= 0.6 is 23.1 Å². The molecule has 4 heteroatoms. The Bertz CT molecular complexity index is 702. The zero-order chi connectivity index (χ0) is 14.8. The van der Waals surface area contributed by atoms with Gasteiger partial charge in [-0.25, -0.2) is 4.98 Å². The van der Waals surface area contributed by atoms with Gasteiger partial charge in [0.25, 0.3) is 0 Å². The molecule has 0 spiro atoms. The fraction of sp³-hybridized carbons (Fsp3) is 0.529. The third-order valence-corrected chi connectivity index (χ3v) is 8.43. The van der Waals surface area contributed by atoms with Crippen LogP contribution in [0.15, 0.2) is 28.6 Å². The zero-order valence-corrected chi connectivity index (χ0v) is 14.2. The molecule has 0 unspecified atom stereocenters. The van der Waals surface area contributed by atoms with Gasteiger partial charge < -0.3 is 0 Å². The molecule has 0 saturated heterocycles. The summed E-state index contributed by atoms with van der Waals surface area (Å²) in [6.07, 6.45) is 2.23. The molecule has 110 valence electrons. The topological polar surface area (TPSA) is 30.0 Å². The number of carbonyl (C=O) groups excluding carboxylic acids is 1. The first kappa shape index (κ1) is 13.8. The van der Waals surface area contributed by atoms with E-state index in [0.717, 1.165) is 16.3 Å². The molecule has 0 amide bonds. The predicted molar refractivity (Wildman–Crippen MR) is 88.9 cm³/mol. The zero-order valence-electron chi connectivity index (χ0n) is 12.6. The van der Waals surface area contributed by atoms with E-state index in [4.69, 9.17) is 4.98 Å². The van der Waals surface area contributed by atoms with Gasteiger partial charge >= 0.3 is 0 Å². The average molecular weight is 317 g/mol. The molecule has 2 bridgehead atoms. The number of hydrogen-bond donors (Lipinski definition) is 0. The van der Waals surface area contributed by atoms with Gasteiger partial charge in [-0.1, -0.05) is 44.7 Å². The molecule has 1 aromatic heterocycles. The first-order chi connectivity index (χ1) is 9.93. The van der Waals surface area contributed by atoms with Gasteiger partial charge in [0.05, 0.1) is 15.5 Å². The van der Waals surface area contributed by atoms with Gasteiger partial charge in [-0.05, 0) is 36.3 Å². The van der Waals surface area contributed by atoms with Crippen molar-refractivity contribution in [2.45, 2.75) is 43.2 Å². The first-order valence-corrected chi connectivity index (χ1v) is 9.20. The van der Waals surface area contributed by atoms with Gasteiger partial charge in [0, 0.05) is 5.41 Å². The van der Waals surface area contributed by atoms with Crippen LogP contribution in [0.25, 0.3) is 10.2 Å². The lowest BCUT2D eigenvalue weighted by molar-refractivity contribution is -0.127. The van der Waals surface area contributed by atoms with Crippen LogP contribution in [0.4, 0.5) is 0 Å². The molecular formula is C17H19NOS2. The molecule has 0 N–H and O–H groups in total. The summed E-state index contributed by atoms with van der Waals surface area (Å²) in [5.74, 6) is 0.944. The maximum atomic E-state index is 12.9. The van der Waals surface area contributed by atoms with E-state index in [-0.39, 0.29) is 16.1 Å². The van der Waals surface area contributed by atoms with E-state index in [9.17, 15) is 4.79 Å². The molecule has 2 fully saturated rings. The molecule has 2 saturated carbocycles. The quantitative estimate of drug-likeness (QED) is 0.798. The van der Waals surface area contributed by atoms with E-state index in [1.807, 2.05) is 18.2 Å². The van der Waals surface area contributed by atoms with Crippen LogP contribution in [0.1, 0.15) is 33.6 Å². The Hall–Kier alpha value is -0.870. The Balaban J connectivity index is 1.68. The van der Waals surface area contributed by atoms with Gasteiger partial charge in [-0.15, -0.1) is 11.3 Å². The van der Waals surface area contributed by atoms with Crippen LogP contribution < -0.4 is 0 Å². The van der Waals surface area contributed by atoms with Crippen LogP contribution in [0.3, 0.4) is 0 Å². The monoisotopic (exact) mass is 317 g/mol. The Morgan fingerprint density at radius 1 is 1.29 bits per heavy atom. The van der Waals surface area contributed by atoms with Crippen molar-refractivity contribution in [3.63, 3.8) is 0 Å². The minimum atomic E-state index is -0.133. The highest BCUT2D eigenvalue weighted by atomic mass is 32.2. The molecule has 2 aliphatic carbocycles. The van der Waals surface area contributed by atoms with Crippen LogP contribution in [0, 0.1) is 16.7 Å². The smallest absolute Gasteiger partial charge is 0.152 e. The Morgan fingerprint density at radius 3 is 2.71 bits per heavy atom. The number of fused-ring (bicyclic) bond motifs is 3. The van der Waals surface area contributed by atoms with E-state index in [1.165, 1.54) is 11.1 Å². The van der Waals surface area contributed by atoms with Crippen molar-refractivity contribution in [3.8, 4) is 0 Å². The third kappa shape index (κ3) is 1.72. The molecule has 2 aromatic rings. The number of para-hydroxylation sites is 1. The highest BCUT2D eigenvalue weighted by Crippen LogP contribution is 2.66. The molecule has 0 aliphatic heterocycles. The summed E-state index contributed by atoms with van der Waals surface area (Å²) in [4.78, 5) is 17.6. The van der Waals surface area contributed by atoms with E-state index in [1.54, 1.807) is 23.1 Å². The lowest BCUT2D eigenvalue weighted by Crippen LogP contribution is -2.34. The van der Waals surface area contributed by atoms with Crippen molar-refractivity contribution in [2.24, 2.45) is 16.7 Å². The molecule has 1 aromatic carbocycles. The summed E-state index contributed by atoms with van der Waals surface area (Å²) < 4.78 is 2.25. The highest BCUT2D eigenvalue weighted by Gasteiger charge is 2.66. The lowest BCUT2D eigenvalue weighted by atomic mass is 9.70. The molecule has 0 radical (unpaired) electrons. The summed E-state index contributed by atoms with van der Waals surface area (Å²) >= 11 is 3.42. The second kappa shape index (κ2) is 4.32. The number of rotatable bonds is 2. The van der Waals surface area contributed by atoms with Crippen molar-refractivity contribution < 1.29 is 4.79 Å². The fourth-order valence-corrected chi connectivity index (χ4v) is 7.00. The normalized spacial score (nSPS) is 34.0. The number of ketones is 1. The summed E-state index contributed by atoms with van der Waals surface area (Å²) in [5.41, 5.74) is 1.04. The summed E-state index contributed by atoms with van der Waals surface area (Å²) in [6.45, 7) is 6.73. The van der Waals surface area contributed by atoms with E-state index in [2.05, 4.69) is 26.8 Å². The molecule has 3 atom stereocenters. The molecular weight excluding hydrogens is 298 g/mol. The Morgan fingerprint density at radius 2 is 2.05 bits per heavy atom. The largest absolute Gasteiger partial charge is 0.298 e. The second-order valence-electron chi connectivity index (χ2n) is 7.05. The molecule has 21 heavy (non-hydrogen) atoms. The summed E-state index contributed by atoms with van der Waals surface area (Å²) in [7, 11) is 0. The van der Waals surface area contributed by atoms with Gasteiger partial charge in [0.1, 0.15) is 0 Å². The Labute approximate surface area is 133 Å². The number of hydrogen-bond acceptors (Lipinski definition) is 4. The molecule has 4 rings (SSSR count). The molecule has 1 heterocycles. The maximum Gasteiger partial charge on any atom is 0.152 e. The number of benzene rings is 1. The summed E-state index contributed by atoms with van der Waals surface area (Å²) in [6, 6.07) is 8.21. The Kier molecular flexibility index (Phi) is 2.84. The number of thiazole rings is 1. The van der Waals surface area contributed by atoms with Crippen molar-refractivity contribution in [2.75, 3.05) is 0 Å². The minimum absolute atomic E-state index is 0.0966. The van der Waals surface area contributed by atoms with Crippen molar-refractivity contribution >= 4 is 39.1 Å². The highest BCUT2D eigenvalue weighted by molar-refractivity contribution is 8.02. The first-order valence-electron chi connectivity index (χ1n) is 7.50. The van der Waals surface area contributed by atoms with Crippen LogP contribution in [0.5, 0.6) is 0 Å². The number of carbonyl (C=O) groups is 1. The molecule has 2 aliphatic rings. The van der Waals surface area contributed by atoms with Gasteiger partial charge in [-0.3, -0.25) is 4.79 Å². The van der Waals surface area contributed by atoms with Crippen molar-refractivity contribution in [1.82, 2.24) is 4.98 Å². The SMILES string of the molecule is CC1(C)[C@@H]2CC[C@@]1(C)C(=O)[C@@H]2Sc1nc2ccccc2s1. The number of Topliss-reactive ketones (excluding diaryl/α,β-unsaturated/α-hetero) is 1. The lowest BCUT2D eigenvalue weighted by Gasteiger charge is -2.32.